The highest BCUT2D eigenvalue weighted by Gasteiger charge is 2.07. The molecule has 0 spiro atoms. The van der Waals surface area contributed by atoms with Crippen LogP contribution in [0.2, 0.25) is 0 Å². The van der Waals surface area contributed by atoms with Crippen LogP contribution in [-0.2, 0) is 25.5 Å². The fourth-order valence-corrected chi connectivity index (χ4v) is 2.05. The number of methoxy groups -OCH3 is 1. The molecule has 0 fully saturated rings. The smallest absolute Gasteiger partial charge is 0.292 e. The average Bonchev–Trinajstić information content (AvgIpc) is 2.75. The summed E-state index contributed by atoms with van der Waals surface area (Å²) in [5, 5.41) is 14.2. The molecule has 1 unspecified atom stereocenters. The molecule has 30 heavy (non-hydrogen) atoms. The number of phenols is 1. The van der Waals surface area contributed by atoms with E-state index < -0.39 is 0 Å². The largest absolute Gasteiger partial charge is 0.508 e. The van der Waals surface area contributed by atoms with Gasteiger partial charge < -0.3 is 20.5 Å². The molecule has 0 aliphatic rings. The number of rotatable bonds is 10. The van der Waals surface area contributed by atoms with Gasteiger partial charge in [-0.15, -0.1) is 0 Å². The molecule has 1 rings (SSSR count). The number of amides is 2. The van der Waals surface area contributed by atoms with E-state index in [1.807, 2.05) is 44.2 Å². The zero-order valence-electron chi connectivity index (χ0n) is 18.3. The van der Waals surface area contributed by atoms with E-state index in [1.165, 1.54) is 12.7 Å². The third kappa shape index (κ3) is 18.0. The van der Waals surface area contributed by atoms with Crippen LogP contribution in [0, 0.1) is 0 Å². The Kier molecular flexibility index (Phi) is 19.6. The summed E-state index contributed by atoms with van der Waals surface area (Å²) in [6, 6.07) is 6.80. The van der Waals surface area contributed by atoms with Crippen LogP contribution in [0.1, 0.15) is 32.8 Å². The van der Waals surface area contributed by atoms with Crippen molar-refractivity contribution in [2.24, 2.45) is 0 Å². The Hall–Kier alpha value is -3.35. The Bertz CT molecular complexity index is 667. The Labute approximate surface area is 179 Å². The minimum Gasteiger partial charge on any atom is -0.508 e. The van der Waals surface area contributed by atoms with Gasteiger partial charge in [0.2, 0.25) is 12.3 Å². The molecule has 0 saturated heterocycles. The number of benzene rings is 1. The number of nitrogens with one attached hydrogen (secondary N) is 2. The third-order valence-corrected chi connectivity index (χ3v) is 3.50. The van der Waals surface area contributed by atoms with E-state index in [2.05, 4.69) is 34.9 Å². The Morgan fingerprint density at radius 2 is 1.87 bits per heavy atom. The van der Waals surface area contributed by atoms with E-state index in [-0.39, 0.29) is 24.2 Å². The van der Waals surface area contributed by atoms with E-state index in [4.69, 9.17) is 9.90 Å². The molecule has 1 aromatic rings. The van der Waals surface area contributed by atoms with Crippen LogP contribution >= 0.6 is 0 Å². The maximum Gasteiger partial charge on any atom is 0.292 e. The molecule has 1 atom stereocenters. The zero-order valence-corrected chi connectivity index (χ0v) is 18.3. The number of hydrogen-bond donors (Lipinski definition) is 3. The second-order valence-corrected chi connectivity index (χ2v) is 5.99. The topological polar surface area (TPSA) is 105 Å². The van der Waals surface area contributed by atoms with E-state index in [0.717, 1.165) is 12.0 Å². The van der Waals surface area contributed by atoms with Gasteiger partial charge in [-0.05, 0) is 50.0 Å². The highest BCUT2D eigenvalue weighted by atomic mass is 16.5. The number of hydrogen-bond acceptors (Lipinski definition) is 5. The van der Waals surface area contributed by atoms with Crippen LogP contribution in [0.4, 0.5) is 0 Å². The van der Waals surface area contributed by atoms with Gasteiger partial charge in [0, 0.05) is 6.04 Å². The number of aromatic hydroxyl groups is 1. The lowest BCUT2D eigenvalue weighted by Crippen LogP contribution is -2.39. The second kappa shape index (κ2) is 20.4. The molecule has 7 nitrogen and oxygen atoms in total. The highest BCUT2D eigenvalue weighted by molar-refractivity contribution is 5.80. The van der Waals surface area contributed by atoms with Crippen LogP contribution in [0.25, 0.3) is 0 Å². The van der Waals surface area contributed by atoms with Gasteiger partial charge in [-0.1, -0.05) is 49.9 Å². The van der Waals surface area contributed by atoms with Crippen molar-refractivity contribution in [3.63, 3.8) is 0 Å². The van der Waals surface area contributed by atoms with Crippen molar-refractivity contribution in [3.05, 3.63) is 66.3 Å². The number of phenolic OH excluding ortho intramolecular Hbond substituents is 1. The molecular formula is C23H34N2O5. The lowest BCUT2D eigenvalue weighted by atomic mass is 10.1. The fraction of sp³-hybridized carbons (Fsp3) is 0.348. The first-order valence-electron chi connectivity index (χ1n) is 9.53. The summed E-state index contributed by atoms with van der Waals surface area (Å²) in [6.45, 7) is 10.1. The van der Waals surface area contributed by atoms with Crippen LogP contribution in [0.5, 0.6) is 5.75 Å². The molecule has 0 radical (unpaired) electrons. The van der Waals surface area contributed by atoms with Gasteiger partial charge in [0.25, 0.3) is 6.47 Å². The van der Waals surface area contributed by atoms with Crippen molar-refractivity contribution in [1.29, 1.82) is 0 Å². The maximum atomic E-state index is 11.3. The van der Waals surface area contributed by atoms with Gasteiger partial charge in [0.15, 0.2) is 0 Å². The van der Waals surface area contributed by atoms with Crippen molar-refractivity contribution >= 4 is 18.8 Å². The van der Waals surface area contributed by atoms with Crippen molar-refractivity contribution in [3.8, 4) is 5.75 Å². The quantitative estimate of drug-likeness (QED) is 0.400. The third-order valence-electron chi connectivity index (χ3n) is 3.50. The summed E-state index contributed by atoms with van der Waals surface area (Å²) >= 11 is 0. The standard InChI is InChI=1S/C12H16N2O3.C9H14.C2H4O2/c1-9(14-12(17)7-13-8-15)6-10-2-4-11(16)5-3-10;1-4-7-8-9(5-2)6-3;1-4-2-3/h2-5,8-9,16H,6-7H2,1H3,(H,13,15)(H,14,17);4-5,7-8H,2,6H2,1,3H3;2H,1H3/b;7-4-,9-8+;. The molecule has 0 saturated carbocycles. The molecule has 7 heteroatoms. The molecule has 0 aliphatic heterocycles. The predicted octanol–water partition coefficient (Wildman–Crippen LogP) is 3.06. The summed E-state index contributed by atoms with van der Waals surface area (Å²) in [5.41, 5.74) is 2.31. The molecular weight excluding hydrogens is 384 g/mol. The van der Waals surface area contributed by atoms with Gasteiger partial charge in [-0.2, -0.15) is 0 Å². The predicted molar refractivity (Wildman–Crippen MR) is 120 cm³/mol. The second-order valence-electron chi connectivity index (χ2n) is 5.99. The van der Waals surface area contributed by atoms with Crippen LogP contribution in [0.15, 0.2) is 60.7 Å². The van der Waals surface area contributed by atoms with Crippen molar-refractivity contribution < 1.29 is 24.2 Å². The normalized spacial score (nSPS) is 11.0. The molecule has 1 aromatic carbocycles. The number of carbonyl (C=O) groups is 3. The summed E-state index contributed by atoms with van der Waals surface area (Å²) in [5.74, 6) is 0.00370. The number of allylic oxidation sites excluding steroid dienone is 5. The minimum atomic E-state index is -0.219. The first kappa shape index (κ1) is 28.9. The van der Waals surface area contributed by atoms with E-state index >= 15 is 0 Å². The van der Waals surface area contributed by atoms with Gasteiger partial charge in [0.05, 0.1) is 13.7 Å². The van der Waals surface area contributed by atoms with Crippen molar-refractivity contribution in [2.45, 2.75) is 39.7 Å². The maximum absolute atomic E-state index is 11.3. The van der Waals surface area contributed by atoms with Crippen molar-refractivity contribution in [2.75, 3.05) is 13.7 Å². The summed E-state index contributed by atoms with van der Waals surface area (Å²) in [6.07, 6.45) is 10.2. The van der Waals surface area contributed by atoms with Crippen LogP contribution in [0.3, 0.4) is 0 Å². The van der Waals surface area contributed by atoms with Gasteiger partial charge in [-0.3, -0.25) is 14.4 Å². The number of carbonyl (C=O) groups excluding carboxylic acids is 3. The van der Waals surface area contributed by atoms with Crippen LogP contribution in [-0.4, -0.2) is 43.6 Å². The Morgan fingerprint density at radius 1 is 1.27 bits per heavy atom. The molecule has 2 amide bonds. The first-order chi connectivity index (χ1) is 14.4. The van der Waals surface area contributed by atoms with E-state index in [0.29, 0.717) is 19.3 Å². The summed E-state index contributed by atoms with van der Waals surface area (Å²) < 4.78 is 3.86. The summed E-state index contributed by atoms with van der Waals surface area (Å²) in [4.78, 5) is 30.2. The Morgan fingerprint density at radius 3 is 2.30 bits per heavy atom. The highest BCUT2D eigenvalue weighted by Crippen LogP contribution is 2.11. The molecule has 0 aliphatic carbocycles. The van der Waals surface area contributed by atoms with Gasteiger partial charge in [0.1, 0.15) is 5.75 Å². The van der Waals surface area contributed by atoms with Gasteiger partial charge >= 0.3 is 0 Å². The molecule has 0 bridgehead atoms. The van der Waals surface area contributed by atoms with E-state index in [9.17, 15) is 9.59 Å². The molecule has 0 heterocycles. The summed E-state index contributed by atoms with van der Waals surface area (Å²) in [7, 11) is 1.31. The van der Waals surface area contributed by atoms with Crippen LogP contribution < -0.4 is 10.6 Å². The minimum absolute atomic E-state index is 0.0105. The molecule has 3 N–H and O–H groups in total. The van der Waals surface area contributed by atoms with Gasteiger partial charge in [-0.25, -0.2) is 0 Å². The zero-order chi connectivity index (χ0) is 23.2. The lowest BCUT2D eigenvalue weighted by molar-refractivity contribution is -0.126. The number of ether oxygens (including phenoxy) is 1. The molecule has 166 valence electrons. The van der Waals surface area contributed by atoms with E-state index in [1.54, 1.807) is 12.1 Å². The lowest BCUT2D eigenvalue weighted by Gasteiger charge is -2.13. The Balaban J connectivity index is 0. The molecule has 0 aromatic heterocycles. The first-order valence-corrected chi connectivity index (χ1v) is 9.53. The fourth-order valence-electron chi connectivity index (χ4n) is 2.05. The van der Waals surface area contributed by atoms with Crippen molar-refractivity contribution in [1.82, 2.24) is 10.6 Å². The monoisotopic (exact) mass is 418 g/mol. The SMILES string of the molecule is C=C/C(=C\C=C/C)CC.CC(Cc1ccc(O)cc1)NC(=O)CNC=O.COC=O. The average molecular weight is 419 g/mol.